The van der Waals surface area contributed by atoms with Gasteiger partial charge < -0.3 is 30.9 Å². The van der Waals surface area contributed by atoms with Gasteiger partial charge >= 0.3 is 0 Å². The van der Waals surface area contributed by atoms with E-state index in [4.69, 9.17) is 33.7 Å². The van der Waals surface area contributed by atoms with Gasteiger partial charge in [0.05, 0.1) is 10.0 Å². The van der Waals surface area contributed by atoms with Crippen LogP contribution in [0.5, 0.6) is 28.7 Å². The van der Waals surface area contributed by atoms with Crippen LogP contribution >= 0.6 is 23.2 Å². The third-order valence-corrected chi connectivity index (χ3v) is 4.87. The Labute approximate surface area is 151 Å². The number of halogens is 3. The highest BCUT2D eigenvalue weighted by Gasteiger charge is 2.31. The molecule has 1 aliphatic heterocycles. The molecular weight excluding hydrogens is 376 g/mol. The molecule has 0 saturated carbocycles. The Balaban J connectivity index is 2.35. The molecule has 0 bridgehead atoms. The SMILES string of the molecule is NC[C@H]1CCc2c(O)c(F)cc(-c3c(Cl)c(O)c(O)c(O)c3Cl)c2O1. The molecule has 0 fully saturated rings. The summed E-state index contributed by atoms with van der Waals surface area (Å²) < 4.78 is 19.9. The maximum Gasteiger partial charge on any atom is 0.203 e. The first-order chi connectivity index (χ1) is 11.8. The third kappa shape index (κ3) is 2.68. The average molecular weight is 390 g/mol. The van der Waals surface area contributed by atoms with Gasteiger partial charge in [-0.25, -0.2) is 4.39 Å². The second kappa shape index (κ2) is 6.33. The molecule has 1 atom stereocenters. The normalized spacial score (nSPS) is 16.4. The minimum absolute atomic E-state index is 0.0176. The number of ether oxygens (including phenoxy) is 1. The van der Waals surface area contributed by atoms with Crippen molar-refractivity contribution in [1.82, 2.24) is 0 Å². The maximum absolute atomic E-state index is 14.2. The lowest BCUT2D eigenvalue weighted by atomic mass is 9.94. The van der Waals surface area contributed by atoms with E-state index in [1.165, 1.54) is 0 Å². The van der Waals surface area contributed by atoms with Crippen molar-refractivity contribution in [2.24, 2.45) is 5.73 Å². The first-order valence-electron chi connectivity index (χ1n) is 7.31. The molecule has 0 unspecified atom stereocenters. The van der Waals surface area contributed by atoms with Gasteiger partial charge in [-0.15, -0.1) is 0 Å². The minimum atomic E-state index is -0.942. The molecule has 0 saturated heterocycles. The highest BCUT2D eigenvalue weighted by Crippen LogP contribution is 2.55. The lowest BCUT2D eigenvalue weighted by Crippen LogP contribution is -2.30. The molecule has 0 amide bonds. The molecule has 0 radical (unpaired) electrons. The van der Waals surface area contributed by atoms with E-state index in [1.54, 1.807) is 0 Å². The Morgan fingerprint density at radius 3 is 2.24 bits per heavy atom. The van der Waals surface area contributed by atoms with Gasteiger partial charge in [-0.05, 0) is 18.9 Å². The van der Waals surface area contributed by atoms with E-state index < -0.39 is 38.9 Å². The molecule has 1 heterocycles. The van der Waals surface area contributed by atoms with Crippen LogP contribution in [0.3, 0.4) is 0 Å². The van der Waals surface area contributed by atoms with Gasteiger partial charge in [0.25, 0.3) is 0 Å². The lowest BCUT2D eigenvalue weighted by molar-refractivity contribution is 0.179. The molecule has 0 aromatic heterocycles. The van der Waals surface area contributed by atoms with E-state index in [-0.39, 0.29) is 35.1 Å². The number of aromatic hydroxyl groups is 4. The second-order valence-corrected chi connectivity index (χ2v) is 6.38. The Morgan fingerprint density at radius 1 is 1.08 bits per heavy atom. The van der Waals surface area contributed by atoms with Crippen molar-refractivity contribution >= 4 is 23.2 Å². The lowest BCUT2D eigenvalue weighted by Gasteiger charge is -2.28. The van der Waals surface area contributed by atoms with E-state index in [9.17, 15) is 24.8 Å². The van der Waals surface area contributed by atoms with Gasteiger partial charge in [-0.1, -0.05) is 23.2 Å². The Kier molecular flexibility index (Phi) is 4.49. The van der Waals surface area contributed by atoms with Crippen LogP contribution in [0.25, 0.3) is 11.1 Å². The fraction of sp³-hybridized carbons (Fsp3) is 0.250. The number of nitrogens with two attached hydrogens (primary N) is 1. The van der Waals surface area contributed by atoms with Crippen molar-refractivity contribution in [2.75, 3.05) is 6.54 Å². The smallest absolute Gasteiger partial charge is 0.203 e. The van der Waals surface area contributed by atoms with Crippen molar-refractivity contribution in [1.29, 1.82) is 0 Å². The Bertz CT molecular complexity index is 846. The summed E-state index contributed by atoms with van der Waals surface area (Å²) in [6, 6.07) is 0.927. The van der Waals surface area contributed by atoms with Gasteiger partial charge in [-0.2, -0.15) is 0 Å². The number of hydrogen-bond acceptors (Lipinski definition) is 6. The third-order valence-electron chi connectivity index (χ3n) is 4.14. The van der Waals surface area contributed by atoms with Crippen molar-refractivity contribution < 1.29 is 29.6 Å². The van der Waals surface area contributed by atoms with Crippen molar-refractivity contribution in [3.05, 3.63) is 27.5 Å². The highest BCUT2D eigenvalue weighted by atomic mass is 35.5. The van der Waals surface area contributed by atoms with Crippen LogP contribution in [0.1, 0.15) is 12.0 Å². The largest absolute Gasteiger partial charge is 0.505 e. The molecule has 1 aliphatic rings. The first kappa shape index (κ1) is 17.7. The van der Waals surface area contributed by atoms with E-state index in [2.05, 4.69) is 0 Å². The molecule has 6 nitrogen and oxygen atoms in total. The highest BCUT2D eigenvalue weighted by molar-refractivity contribution is 6.41. The first-order valence-corrected chi connectivity index (χ1v) is 8.06. The summed E-state index contributed by atoms with van der Waals surface area (Å²) in [6.45, 7) is 0.199. The van der Waals surface area contributed by atoms with Gasteiger partial charge in [-0.3, -0.25) is 0 Å². The van der Waals surface area contributed by atoms with Crippen LogP contribution in [0.15, 0.2) is 6.07 Å². The maximum atomic E-state index is 14.2. The molecule has 0 spiro atoms. The predicted molar refractivity (Wildman–Crippen MR) is 90.3 cm³/mol. The molecule has 2 aromatic carbocycles. The van der Waals surface area contributed by atoms with Gasteiger partial charge in [0.15, 0.2) is 23.1 Å². The molecular formula is C16H14Cl2FNO5. The Morgan fingerprint density at radius 2 is 1.68 bits per heavy atom. The van der Waals surface area contributed by atoms with Crippen molar-refractivity contribution in [3.8, 4) is 39.9 Å². The topological polar surface area (TPSA) is 116 Å². The number of phenols is 4. The Hall–Kier alpha value is -2.09. The summed E-state index contributed by atoms with van der Waals surface area (Å²) in [5, 5.41) is 38.6. The minimum Gasteiger partial charge on any atom is -0.505 e. The summed E-state index contributed by atoms with van der Waals surface area (Å²) in [5.41, 5.74) is 5.71. The van der Waals surface area contributed by atoms with Gasteiger partial charge in [0, 0.05) is 23.2 Å². The summed E-state index contributed by atoms with van der Waals surface area (Å²) in [4.78, 5) is 0. The van der Waals surface area contributed by atoms with Crippen LogP contribution in [0.4, 0.5) is 4.39 Å². The monoisotopic (exact) mass is 389 g/mol. The van der Waals surface area contributed by atoms with Gasteiger partial charge in [0.1, 0.15) is 11.9 Å². The van der Waals surface area contributed by atoms with Crippen LogP contribution in [0, 0.1) is 5.82 Å². The van der Waals surface area contributed by atoms with E-state index >= 15 is 0 Å². The predicted octanol–water partition coefficient (Wildman–Crippen LogP) is 3.27. The van der Waals surface area contributed by atoms with Crippen LogP contribution in [-0.4, -0.2) is 33.1 Å². The van der Waals surface area contributed by atoms with Gasteiger partial charge in [0.2, 0.25) is 5.75 Å². The van der Waals surface area contributed by atoms with E-state index in [0.29, 0.717) is 12.8 Å². The summed E-state index contributed by atoms with van der Waals surface area (Å²) in [7, 11) is 0. The number of benzene rings is 2. The zero-order valence-corrected chi connectivity index (χ0v) is 14.2. The van der Waals surface area contributed by atoms with Crippen LogP contribution in [0.2, 0.25) is 10.0 Å². The molecule has 0 aliphatic carbocycles. The van der Waals surface area contributed by atoms with Crippen LogP contribution < -0.4 is 10.5 Å². The van der Waals surface area contributed by atoms with Crippen molar-refractivity contribution in [2.45, 2.75) is 18.9 Å². The van der Waals surface area contributed by atoms with E-state index in [1.807, 2.05) is 0 Å². The fourth-order valence-electron chi connectivity index (χ4n) is 2.81. The molecule has 3 rings (SSSR count). The summed E-state index contributed by atoms with van der Waals surface area (Å²) >= 11 is 12.1. The number of rotatable bonds is 2. The molecule has 25 heavy (non-hydrogen) atoms. The number of phenolic OH excluding ortho intramolecular Hbond substituents is 4. The zero-order chi connectivity index (χ0) is 18.5. The summed E-state index contributed by atoms with van der Waals surface area (Å²) in [5.74, 6) is -3.92. The van der Waals surface area contributed by atoms with Crippen molar-refractivity contribution in [3.63, 3.8) is 0 Å². The average Bonchev–Trinajstić information content (AvgIpc) is 2.62. The molecule has 134 valence electrons. The van der Waals surface area contributed by atoms with Crippen LogP contribution in [-0.2, 0) is 6.42 Å². The summed E-state index contributed by atoms with van der Waals surface area (Å²) in [6.07, 6.45) is 0.417. The van der Waals surface area contributed by atoms with E-state index in [0.717, 1.165) is 6.07 Å². The second-order valence-electron chi connectivity index (χ2n) is 5.63. The number of hydrogen-bond donors (Lipinski definition) is 5. The standard InChI is InChI=1S/C16H14Cl2FNO5/c17-10-9(11(18)14(23)15(24)13(10)22)7-3-8(19)12(21)6-2-1-5(4-20)25-16(6)7/h3,5,21-24H,1-2,4,20H2/t5-/m1/s1. The quantitative estimate of drug-likeness (QED) is 0.503. The molecule has 2 aromatic rings. The molecule has 9 heteroatoms. The number of fused-ring (bicyclic) bond motifs is 1. The zero-order valence-electron chi connectivity index (χ0n) is 12.7. The molecule has 6 N–H and O–H groups in total. The fourth-order valence-corrected chi connectivity index (χ4v) is 3.43.